The number of amides is 1. The van der Waals surface area contributed by atoms with Crippen LogP contribution in [0.15, 0.2) is 53.7 Å². The lowest BCUT2D eigenvalue weighted by Crippen LogP contribution is -2.23. The third kappa shape index (κ3) is 4.43. The van der Waals surface area contributed by atoms with Crippen LogP contribution >= 0.6 is 23.4 Å². The Morgan fingerprint density at radius 1 is 1.22 bits per heavy atom. The molecule has 1 amide bonds. The maximum absolute atomic E-state index is 12.5. The van der Waals surface area contributed by atoms with E-state index in [1.54, 1.807) is 13.0 Å². The maximum Gasteiger partial charge on any atom is 0.237 e. The lowest BCUT2D eigenvalue weighted by atomic mass is 10.1. The molecule has 27 heavy (non-hydrogen) atoms. The summed E-state index contributed by atoms with van der Waals surface area (Å²) < 4.78 is 1.35. The first-order chi connectivity index (χ1) is 13.0. The number of carbonyl (C=O) groups excluding carboxylic acids is 1. The smallest absolute Gasteiger partial charge is 0.237 e. The normalized spacial score (nSPS) is 12.0. The van der Waals surface area contributed by atoms with E-state index in [2.05, 4.69) is 22.4 Å². The van der Waals surface area contributed by atoms with E-state index in [0.29, 0.717) is 21.6 Å². The number of nitrogen functional groups attached to an aromatic ring is 1. The predicted octanol–water partition coefficient (Wildman–Crippen LogP) is 3.99. The van der Waals surface area contributed by atoms with Gasteiger partial charge in [-0.15, -0.1) is 10.2 Å². The summed E-state index contributed by atoms with van der Waals surface area (Å²) in [6.07, 6.45) is 0.959. The lowest BCUT2D eigenvalue weighted by molar-refractivity contribution is -0.115. The Kier molecular flexibility index (Phi) is 6.03. The van der Waals surface area contributed by atoms with Gasteiger partial charge in [0.2, 0.25) is 11.1 Å². The van der Waals surface area contributed by atoms with Crippen molar-refractivity contribution in [1.29, 1.82) is 0 Å². The molecule has 3 N–H and O–H groups in total. The first-order valence-electron chi connectivity index (χ1n) is 8.51. The van der Waals surface area contributed by atoms with E-state index in [9.17, 15) is 4.79 Å². The zero-order valence-electron chi connectivity index (χ0n) is 15.0. The van der Waals surface area contributed by atoms with Gasteiger partial charge in [-0.1, -0.05) is 54.6 Å². The van der Waals surface area contributed by atoms with Crippen LogP contribution in [0.5, 0.6) is 0 Å². The Bertz CT molecular complexity index is 942. The lowest BCUT2D eigenvalue weighted by Gasteiger charge is -2.12. The molecule has 8 heteroatoms. The summed E-state index contributed by atoms with van der Waals surface area (Å²) in [5, 5.41) is 11.7. The summed E-state index contributed by atoms with van der Waals surface area (Å²) in [7, 11) is 0. The first kappa shape index (κ1) is 19.3. The minimum Gasteiger partial charge on any atom is -0.335 e. The Labute approximate surface area is 167 Å². The molecule has 0 fully saturated rings. The Balaban J connectivity index is 1.69. The quantitative estimate of drug-likeness (QED) is 0.481. The fourth-order valence-electron chi connectivity index (χ4n) is 2.46. The van der Waals surface area contributed by atoms with Crippen molar-refractivity contribution in [3.05, 3.63) is 59.1 Å². The van der Waals surface area contributed by atoms with Crippen molar-refractivity contribution < 1.29 is 4.79 Å². The van der Waals surface area contributed by atoms with E-state index in [-0.39, 0.29) is 5.91 Å². The Hall–Kier alpha value is -2.51. The number of hydrogen-bond donors (Lipinski definition) is 2. The summed E-state index contributed by atoms with van der Waals surface area (Å²) in [5.41, 5.74) is 2.67. The van der Waals surface area contributed by atoms with Crippen molar-refractivity contribution >= 4 is 35.0 Å². The van der Waals surface area contributed by atoms with Gasteiger partial charge in [0.25, 0.3) is 0 Å². The first-order valence-corrected chi connectivity index (χ1v) is 9.77. The minimum atomic E-state index is -0.401. The number of nitrogens with one attached hydrogen (secondary N) is 1. The van der Waals surface area contributed by atoms with E-state index in [1.165, 1.54) is 22.0 Å². The number of aryl methyl sites for hydroxylation is 1. The molecule has 3 aromatic rings. The molecule has 3 rings (SSSR count). The van der Waals surface area contributed by atoms with Crippen molar-refractivity contribution in [3.63, 3.8) is 0 Å². The second-order valence-electron chi connectivity index (χ2n) is 5.96. The SMILES string of the molecule is CCc1ccc(NC(=O)[C@@H](C)Sc2nnc(-c3ccccc3Cl)n2N)cc1. The largest absolute Gasteiger partial charge is 0.335 e. The second-order valence-corrected chi connectivity index (χ2v) is 7.67. The molecule has 2 aromatic carbocycles. The zero-order valence-corrected chi connectivity index (χ0v) is 16.6. The number of carbonyl (C=O) groups is 1. The van der Waals surface area contributed by atoms with Gasteiger partial charge >= 0.3 is 0 Å². The van der Waals surface area contributed by atoms with Crippen LogP contribution in [-0.2, 0) is 11.2 Å². The zero-order chi connectivity index (χ0) is 19.4. The fourth-order valence-corrected chi connectivity index (χ4v) is 3.45. The second kappa shape index (κ2) is 8.45. The summed E-state index contributed by atoms with van der Waals surface area (Å²) in [5.74, 6) is 6.43. The van der Waals surface area contributed by atoms with Gasteiger partial charge in [-0.2, -0.15) is 0 Å². The molecule has 0 saturated heterocycles. The average molecular weight is 402 g/mol. The average Bonchev–Trinajstić information content (AvgIpc) is 3.03. The topological polar surface area (TPSA) is 85.8 Å². The van der Waals surface area contributed by atoms with Crippen molar-refractivity contribution in [2.24, 2.45) is 0 Å². The van der Waals surface area contributed by atoms with E-state index >= 15 is 0 Å². The van der Waals surface area contributed by atoms with Crippen LogP contribution in [0.3, 0.4) is 0 Å². The predicted molar refractivity (Wildman–Crippen MR) is 110 cm³/mol. The van der Waals surface area contributed by atoms with Crippen molar-refractivity contribution in [2.75, 3.05) is 11.2 Å². The van der Waals surface area contributed by atoms with Crippen LogP contribution in [0.4, 0.5) is 5.69 Å². The molecule has 1 heterocycles. The van der Waals surface area contributed by atoms with Crippen LogP contribution < -0.4 is 11.2 Å². The molecular weight excluding hydrogens is 382 g/mol. The van der Waals surface area contributed by atoms with Gasteiger partial charge in [-0.05, 0) is 43.2 Å². The van der Waals surface area contributed by atoms with Crippen molar-refractivity contribution in [2.45, 2.75) is 30.7 Å². The number of thioether (sulfide) groups is 1. The minimum absolute atomic E-state index is 0.133. The Morgan fingerprint density at radius 2 is 1.93 bits per heavy atom. The third-order valence-electron chi connectivity index (χ3n) is 4.06. The number of nitrogens with zero attached hydrogens (tertiary/aromatic N) is 3. The third-order valence-corrected chi connectivity index (χ3v) is 5.45. The molecule has 0 aliphatic carbocycles. The van der Waals surface area contributed by atoms with Gasteiger partial charge in [-0.3, -0.25) is 4.79 Å². The van der Waals surface area contributed by atoms with E-state index in [0.717, 1.165) is 12.1 Å². The maximum atomic E-state index is 12.5. The number of rotatable bonds is 6. The van der Waals surface area contributed by atoms with E-state index in [4.69, 9.17) is 17.4 Å². The van der Waals surface area contributed by atoms with Crippen LogP contribution in [0.1, 0.15) is 19.4 Å². The molecule has 1 atom stereocenters. The van der Waals surface area contributed by atoms with Gasteiger partial charge in [0.05, 0.1) is 10.3 Å². The van der Waals surface area contributed by atoms with Crippen LogP contribution in [0.2, 0.25) is 5.02 Å². The Morgan fingerprint density at radius 3 is 2.59 bits per heavy atom. The number of nitrogens with two attached hydrogens (primary N) is 1. The van der Waals surface area contributed by atoms with Gasteiger partial charge in [0.1, 0.15) is 0 Å². The number of halogens is 1. The monoisotopic (exact) mass is 401 g/mol. The van der Waals surface area contributed by atoms with Crippen LogP contribution in [-0.4, -0.2) is 26.0 Å². The molecule has 1 aromatic heterocycles. The van der Waals surface area contributed by atoms with Crippen molar-refractivity contribution in [3.8, 4) is 11.4 Å². The van der Waals surface area contributed by atoms with Crippen molar-refractivity contribution in [1.82, 2.24) is 14.9 Å². The van der Waals surface area contributed by atoms with Crippen LogP contribution in [0.25, 0.3) is 11.4 Å². The summed E-state index contributed by atoms with van der Waals surface area (Å²) in [6, 6.07) is 15.1. The highest BCUT2D eigenvalue weighted by molar-refractivity contribution is 8.00. The summed E-state index contributed by atoms with van der Waals surface area (Å²) >= 11 is 7.44. The molecule has 0 aliphatic heterocycles. The van der Waals surface area contributed by atoms with E-state index < -0.39 is 5.25 Å². The molecule has 140 valence electrons. The molecule has 0 bridgehead atoms. The molecule has 0 spiro atoms. The molecule has 0 saturated carbocycles. The number of aromatic nitrogens is 3. The number of benzene rings is 2. The van der Waals surface area contributed by atoms with Gasteiger partial charge in [-0.25, -0.2) is 4.68 Å². The number of anilines is 1. The highest BCUT2D eigenvalue weighted by Gasteiger charge is 2.20. The van der Waals surface area contributed by atoms with Crippen LogP contribution in [0, 0.1) is 0 Å². The number of hydrogen-bond acceptors (Lipinski definition) is 5. The van der Waals surface area contributed by atoms with Gasteiger partial charge < -0.3 is 11.2 Å². The molecular formula is C19H20ClN5OS. The summed E-state index contributed by atoms with van der Waals surface area (Å²) in [4.78, 5) is 12.5. The van der Waals surface area contributed by atoms with Gasteiger partial charge in [0, 0.05) is 11.3 Å². The highest BCUT2D eigenvalue weighted by Crippen LogP contribution is 2.29. The molecule has 6 nitrogen and oxygen atoms in total. The molecule has 0 unspecified atom stereocenters. The van der Waals surface area contributed by atoms with E-state index in [1.807, 2.05) is 42.5 Å². The standard InChI is InChI=1S/C19H20ClN5OS/c1-3-13-8-10-14(11-9-13)22-18(26)12(2)27-19-24-23-17(25(19)21)15-6-4-5-7-16(15)20/h4-12H,3,21H2,1-2H3,(H,22,26)/t12-/m1/s1. The molecule has 0 aliphatic rings. The fraction of sp³-hybridized carbons (Fsp3) is 0.211. The highest BCUT2D eigenvalue weighted by atomic mass is 35.5. The summed E-state index contributed by atoms with van der Waals surface area (Å²) in [6.45, 7) is 3.89. The van der Waals surface area contributed by atoms with Gasteiger partial charge in [0.15, 0.2) is 5.82 Å². The molecule has 0 radical (unpaired) electrons.